The van der Waals surface area contributed by atoms with Crippen molar-refractivity contribution in [1.82, 2.24) is 10.6 Å². The highest BCUT2D eigenvalue weighted by atomic mass is 32.1. The molecule has 0 saturated heterocycles. The highest BCUT2D eigenvalue weighted by Crippen LogP contribution is 2.02. The van der Waals surface area contributed by atoms with Gasteiger partial charge in [-0.1, -0.05) is 43.7 Å². The Morgan fingerprint density at radius 1 is 1.29 bits per heavy atom. The number of hydrogen-bond acceptors (Lipinski definition) is 1. The van der Waals surface area contributed by atoms with Crippen LogP contribution in [-0.2, 0) is 6.42 Å². The fourth-order valence-electron chi connectivity index (χ4n) is 1.67. The number of unbranched alkanes of at least 4 members (excludes halogenated alkanes) is 1. The maximum Gasteiger partial charge on any atom is 0.166 e. The van der Waals surface area contributed by atoms with E-state index in [9.17, 15) is 0 Å². The molecule has 0 aliphatic rings. The van der Waals surface area contributed by atoms with Gasteiger partial charge in [0.1, 0.15) is 0 Å². The van der Waals surface area contributed by atoms with Crippen LogP contribution in [0.3, 0.4) is 0 Å². The van der Waals surface area contributed by atoms with Crippen LogP contribution in [0.2, 0.25) is 0 Å². The van der Waals surface area contributed by atoms with E-state index in [1.807, 2.05) is 6.07 Å². The Morgan fingerprint density at radius 2 is 2.00 bits per heavy atom. The van der Waals surface area contributed by atoms with Gasteiger partial charge in [-0.3, -0.25) is 0 Å². The molecule has 1 unspecified atom stereocenters. The number of rotatable bonds is 6. The van der Waals surface area contributed by atoms with Crippen molar-refractivity contribution in [1.29, 1.82) is 0 Å². The second kappa shape index (κ2) is 8.07. The first-order valence-corrected chi connectivity index (χ1v) is 6.71. The molecule has 0 spiro atoms. The predicted molar refractivity (Wildman–Crippen MR) is 78.3 cm³/mol. The number of benzene rings is 1. The molecule has 1 aromatic carbocycles. The van der Waals surface area contributed by atoms with Gasteiger partial charge in [-0.2, -0.15) is 0 Å². The zero-order chi connectivity index (χ0) is 12.5. The first-order chi connectivity index (χ1) is 8.22. The van der Waals surface area contributed by atoms with Crippen molar-refractivity contribution in [3.05, 3.63) is 35.9 Å². The van der Waals surface area contributed by atoms with Crippen LogP contribution in [0.25, 0.3) is 0 Å². The van der Waals surface area contributed by atoms with E-state index in [1.54, 1.807) is 0 Å². The summed E-state index contributed by atoms with van der Waals surface area (Å²) in [5.74, 6) is 0. The summed E-state index contributed by atoms with van der Waals surface area (Å²) in [4.78, 5) is 0. The summed E-state index contributed by atoms with van der Waals surface area (Å²) in [6.45, 7) is 5.29. The molecule has 0 radical (unpaired) electrons. The monoisotopic (exact) mass is 250 g/mol. The zero-order valence-corrected chi connectivity index (χ0v) is 11.5. The van der Waals surface area contributed by atoms with Gasteiger partial charge in [0.25, 0.3) is 0 Å². The summed E-state index contributed by atoms with van der Waals surface area (Å²) in [5, 5.41) is 7.29. The largest absolute Gasteiger partial charge is 0.363 e. The van der Waals surface area contributed by atoms with Crippen LogP contribution in [0.1, 0.15) is 32.3 Å². The first-order valence-electron chi connectivity index (χ1n) is 6.30. The highest BCUT2D eigenvalue weighted by Gasteiger charge is 2.04. The average molecular weight is 250 g/mol. The van der Waals surface area contributed by atoms with Crippen LogP contribution in [0, 0.1) is 0 Å². The second-order valence-corrected chi connectivity index (χ2v) is 4.75. The maximum absolute atomic E-state index is 5.24. The van der Waals surface area contributed by atoms with Crippen LogP contribution in [-0.4, -0.2) is 17.7 Å². The minimum Gasteiger partial charge on any atom is -0.363 e. The number of nitrogens with one attached hydrogen (secondary N) is 2. The highest BCUT2D eigenvalue weighted by molar-refractivity contribution is 7.80. The lowest BCUT2D eigenvalue weighted by Crippen LogP contribution is -2.41. The molecule has 2 nitrogen and oxygen atoms in total. The topological polar surface area (TPSA) is 24.1 Å². The molecule has 0 aliphatic heterocycles. The summed E-state index contributed by atoms with van der Waals surface area (Å²) in [5.41, 5.74) is 1.34. The third-order valence-corrected chi connectivity index (χ3v) is 2.84. The van der Waals surface area contributed by atoms with E-state index in [0.29, 0.717) is 6.04 Å². The molecule has 1 aromatic rings. The number of thiocarbonyl (C=S) groups is 1. The van der Waals surface area contributed by atoms with Crippen LogP contribution >= 0.6 is 12.2 Å². The van der Waals surface area contributed by atoms with E-state index in [0.717, 1.165) is 24.5 Å². The molecule has 0 saturated carbocycles. The van der Waals surface area contributed by atoms with E-state index in [2.05, 4.69) is 48.7 Å². The molecule has 0 fully saturated rings. The normalized spacial score (nSPS) is 11.9. The Morgan fingerprint density at radius 3 is 2.65 bits per heavy atom. The van der Waals surface area contributed by atoms with E-state index in [1.165, 1.54) is 12.0 Å². The summed E-state index contributed by atoms with van der Waals surface area (Å²) >= 11 is 5.24. The molecule has 0 amide bonds. The van der Waals surface area contributed by atoms with Gasteiger partial charge in [0.15, 0.2) is 5.11 Å². The van der Waals surface area contributed by atoms with Crippen molar-refractivity contribution in [2.45, 2.75) is 39.2 Å². The Balaban J connectivity index is 2.25. The summed E-state index contributed by atoms with van der Waals surface area (Å²) < 4.78 is 0. The molecule has 3 heteroatoms. The Labute approximate surface area is 110 Å². The van der Waals surface area contributed by atoms with Gasteiger partial charge in [0.2, 0.25) is 0 Å². The van der Waals surface area contributed by atoms with Gasteiger partial charge in [0.05, 0.1) is 0 Å². The van der Waals surface area contributed by atoms with Gasteiger partial charge in [0, 0.05) is 12.6 Å². The average Bonchev–Trinajstić information content (AvgIpc) is 2.30. The summed E-state index contributed by atoms with van der Waals surface area (Å²) in [6, 6.07) is 10.8. The molecular formula is C14H22N2S. The van der Waals surface area contributed by atoms with E-state index < -0.39 is 0 Å². The van der Waals surface area contributed by atoms with Gasteiger partial charge < -0.3 is 10.6 Å². The van der Waals surface area contributed by atoms with Crippen molar-refractivity contribution in [3.63, 3.8) is 0 Å². The minimum atomic E-state index is 0.360. The lowest BCUT2D eigenvalue weighted by atomic mass is 10.1. The van der Waals surface area contributed by atoms with Crippen LogP contribution in [0.15, 0.2) is 30.3 Å². The fourth-order valence-corrected chi connectivity index (χ4v) is 1.98. The summed E-state index contributed by atoms with van der Waals surface area (Å²) in [6.07, 6.45) is 3.35. The molecule has 17 heavy (non-hydrogen) atoms. The van der Waals surface area contributed by atoms with Gasteiger partial charge in [-0.05, 0) is 37.5 Å². The van der Waals surface area contributed by atoms with Gasteiger partial charge in [-0.15, -0.1) is 0 Å². The predicted octanol–water partition coefficient (Wildman–Crippen LogP) is 2.88. The van der Waals surface area contributed by atoms with Crippen LogP contribution in [0.5, 0.6) is 0 Å². The molecule has 0 aromatic heterocycles. The second-order valence-electron chi connectivity index (χ2n) is 4.34. The zero-order valence-electron chi connectivity index (χ0n) is 10.7. The SMILES string of the molecule is CCCCNC(=S)NC(C)Cc1ccccc1. The molecule has 0 bridgehead atoms. The van der Waals surface area contributed by atoms with Crippen LogP contribution in [0.4, 0.5) is 0 Å². The third kappa shape index (κ3) is 6.27. The van der Waals surface area contributed by atoms with Crippen molar-refractivity contribution >= 4 is 17.3 Å². The van der Waals surface area contributed by atoms with Crippen molar-refractivity contribution < 1.29 is 0 Å². The smallest absolute Gasteiger partial charge is 0.166 e. The molecule has 94 valence electrons. The quantitative estimate of drug-likeness (QED) is 0.600. The molecule has 2 N–H and O–H groups in total. The Hall–Kier alpha value is -1.09. The minimum absolute atomic E-state index is 0.360. The van der Waals surface area contributed by atoms with Gasteiger partial charge in [-0.25, -0.2) is 0 Å². The Kier molecular flexibility index (Phi) is 6.63. The van der Waals surface area contributed by atoms with E-state index in [4.69, 9.17) is 12.2 Å². The lowest BCUT2D eigenvalue weighted by molar-refractivity contribution is 0.643. The lowest BCUT2D eigenvalue weighted by Gasteiger charge is -2.17. The molecule has 0 heterocycles. The molecule has 1 atom stereocenters. The van der Waals surface area contributed by atoms with E-state index >= 15 is 0 Å². The number of hydrogen-bond donors (Lipinski definition) is 2. The van der Waals surface area contributed by atoms with Gasteiger partial charge >= 0.3 is 0 Å². The van der Waals surface area contributed by atoms with Crippen molar-refractivity contribution in [2.75, 3.05) is 6.54 Å². The van der Waals surface area contributed by atoms with Crippen molar-refractivity contribution in [3.8, 4) is 0 Å². The van der Waals surface area contributed by atoms with Crippen molar-refractivity contribution in [2.24, 2.45) is 0 Å². The molecule has 0 aliphatic carbocycles. The fraction of sp³-hybridized carbons (Fsp3) is 0.500. The molecule has 1 rings (SSSR count). The maximum atomic E-state index is 5.24. The Bertz CT molecular complexity index is 324. The third-order valence-electron chi connectivity index (χ3n) is 2.58. The van der Waals surface area contributed by atoms with Crippen LogP contribution < -0.4 is 10.6 Å². The van der Waals surface area contributed by atoms with E-state index in [-0.39, 0.29) is 0 Å². The first kappa shape index (κ1) is 14.0. The standard InChI is InChI=1S/C14H22N2S/c1-3-4-10-15-14(17)16-12(2)11-13-8-6-5-7-9-13/h5-9,12H,3-4,10-11H2,1-2H3,(H2,15,16,17). The summed E-state index contributed by atoms with van der Waals surface area (Å²) in [7, 11) is 0. The molecular weight excluding hydrogens is 228 g/mol.